The summed E-state index contributed by atoms with van der Waals surface area (Å²) in [7, 11) is 1.63. The molecule has 6 heteroatoms. The summed E-state index contributed by atoms with van der Waals surface area (Å²) < 4.78 is 19.0. The van der Waals surface area contributed by atoms with E-state index < -0.39 is 0 Å². The molecule has 1 saturated heterocycles. The van der Waals surface area contributed by atoms with E-state index in [1.54, 1.807) is 18.2 Å². The van der Waals surface area contributed by atoms with Gasteiger partial charge in [-0.05, 0) is 61.7 Å². The predicted octanol–water partition coefficient (Wildman–Crippen LogP) is 4.24. The van der Waals surface area contributed by atoms with Gasteiger partial charge >= 0.3 is 0 Å². The molecule has 158 valence electrons. The maximum Gasteiger partial charge on any atom is 0.257 e. The van der Waals surface area contributed by atoms with Crippen LogP contribution in [-0.4, -0.2) is 48.3 Å². The number of hydrazone groups is 1. The average molecular weight is 410 g/mol. The number of methoxy groups -OCH3 is 1. The van der Waals surface area contributed by atoms with Gasteiger partial charge in [0.15, 0.2) is 0 Å². The lowest BCUT2D eigenvalue weighted by Gasteiger charge is -2.31. The summed E-state index contributed by atoms with van der Waals surface area (Å²) in [4.78, 5) is 15.4. The Labute approximate surface area is 177 Å². The largest absolute Gasteiger partial charge is 0.497 e. The lowest BCUT2D eigenvalue weighted by atomic mass is 9.98. The molecule has 0 aromatic heterocycles. The highest BCUT2D eigenvalue weighted by Crippen LogP contribution is 2.34. The Hall–Kier alpha value is -2.73. The Kier molecular flexibility index (Phi) is 6.13. The van der Waals surface area contributed by atoms with Crippen molar-refractivity contribution in [1.29, 1.82) is 0 Å². The number of ether oxygens (including phenoxy) is 1. The summed E-state index contributed by atoms with van der Waals surface area (Å²) in [5.74, 6) is 1.16. The standard InChI is InChI=1S/C24H28FN3O2/c1-17-10-12-27(13-11-17)16-24(29)28-23(18-6-8-21(30-2)9-7-18)15-22(26-28)19-4-3-5-20(25)14-19/h3-9,14,17,23H,10-13,15-16H2,1-2H3. The normalized spacial score (nSPS) is 20.3. The highest BCUT2D eigenvalue weighted by atomic mass is 19.1. The van der Waals surface area contributed by atoms with Crippen molar-refractivity contribution in [3.63, 3.8) is 0 Å². The smallest absolute Gasteiger partial charge is 0.257 e. The number of carbonyl (C=O) groups is 1. The molecule has 5 nitrogen and oxygen atoms in total. The Balaban J connectivity index is 1.58. The summed E-state index contributed by atoms with van der Waals surface area (Å²) >= 11 is 0. The third-order valence-electron chi connectivity index (χ3n) is 6.06. The number of hydrogen-bond acceptors (Lipinski definition) is 4. The van der Waals surface area contributed by atoms with E-state index in [-0.39, 0.29) is 17.8 Å². The SMILES string of the molecule is COc1ccc(C2CC(c3cccc(F)c3)=NN2C(=O)CN2CCC(C)CC2)cc1. The van der Waals surface area contributed by atoms with Gasteiger partial charge in [-0.3, -0.25) is 9.69 Å². The monoisotopic (exact) mass is 409 g/mol. The molecule has 2 aromatic carbocycles. The van der Waals surface area contributed by atoms with Crippen LogP contribution in [0.3, 0.4) is 0 Å². The Morgan fingerprint density at radius 2 is 1.90 bits per heavy atom. The van der Waals surface area contributed by atoms with Crippen molar-refractivity contribution < 1.29 is 13.9 Å². The fourth-order valence-corrected chi connectivity index (χ4v) is 4.15. The molecule has 0 radical (unpaired) electrons. The van der Waals surface area contributed by atoms with Gasteiger partial charge in [0, 0.05) is 12.0 Å². The molecule has 0 bridgehead atoms. The third kappa shape index (κ3) is 4.54. The number of carbonyl (C=O) groups excluding carboxylic acids is 1. The molecule has 2 aliphatic rings. The number of piperidine rings is 1. The Bertz CT molecular complexity index is 920. The lowest BCUT2D eigenvalue weighted by molar-refractivity contribution is -0.134. The number of nitrogens with zero attached hydrogens (tertiary/aromatic N) is 3. The van der Waals surface area contributed by atoms with Crippen molar-refractivity contribution in [3.8, 4) is 5.75 Å². The van der Waals surface area contributed by atoms with Crippen LogP contribution in [0, 0.1) is 11.7 Å². The third-order valence-corrected chi connectivity index (χ3v) is 6.06. The second-order valence-corrected chi connectivity index (χ2v) is 8.25. The topological polar surface area (TPSA) is 45.1 Å². The molecule has 0 spiro atoms. The van der Waals surface area contributed by atoms with Gasteiger partial charge in [-0.2, -0.15) is 5.10 Å². The van der Waals surface area contributed by atoms with Crippen LogP contribution in [0.1, 0.15) is 43.4 Å². The molecule has 0 saturated carbocycles. The molecule has 1 unspecified atom stereocenters. The molecule has 4 rings (SSSR count). The van der Waals surface area contributed by atoms with E-state index in [4.69, 9.17) is 4.74 Å². The fourth-order valence-electron chi connectivity index (χ4n) is 4.15. The van der Waals surface area contributed by atoms with Crippen molar-refractivity contribution in [1.82, 2.24) is 9.91 Å². The van der Waals surface area contributed by atoms with Gasteiger partial charge in [-0.25, -0.2) is 9.40 Å². The Morgan fingerprint density at radius 1 is 1.17 bits per heavy atom. The predicted molar refractivity (Wildman–Crippen MR) is 115 cm³/mol. The number of hydrogen-bond donors (Lipinski definition) is 0. The number of rotatable bonds is 5. The van der Waals surface area contributed by atoms with E-state index >= 15 is 0 Å². The quantitative estimate of drug-likeness (QED) is 0.742. The molecule has 2 aromatic rings. The van der Waals surface area contributed by atoms with Crippen LogP contribution in [0.5, 0.6) is 5.75 Å². The summed E-state index contributed by atoms with van der Waals surface area (Å²) in [6.45, 7) is 4.50. The van der Waals surface area contributed by atoms with E-state index in [0.717, 1.165) is 48.5 Å². The van der Waals surface area contributed by atoms with Crippen LogP contribution < -0.4 is 4.74 Å². The van der Waals surface area contributed by atoms with Crippen molar-refractivity contribution in [2.45, 2.75) is 32.2 Å². The van der Waals surface area contributed by atoms with Crippen molar-refractivity contribution in [2.24, 2.45) is 11.0 Å². The first-order valence-corrected chi connectivity index (χ1v) is 10.6. The number of likely N-dealkylation sites (tertiary alicyclic amines) is 1. The van der Waals surface area contributed by atoms with E-state index in [1.807, 2.05) is 30.3 Å². The maximum absolute atomic E-state index is 13.8. The minimum Gasteiger partial charge on any atom is -0.497 e. The number of benzene rings is 2. The second kappa shape index (κ2) is 8.96. The van der Waals surface area contributed by atoms with Gasteiger partial charge in [-0.1, -0.05) is 31.2 Å². The zero-order chi connectivity index (χ0) is 21.1. The summed E-state index contributed by atoms with van der Waals surface area (Å²) in [5, 5.41) is 6.25. The molecular weight excluding hydrogens is 381 g/mol. The minimum atomic E-state index is -0.302. The molecule has 0 aliphatic carbocycles. The van der Waals surface area contributed by atoms with E-state index in [1.165, 1.54) is 12.1 Å². The van der Waals surface area contributed by atoms with Crippen LogP contribution in [0.2, 0.25) is 0 Å². The first kappa shape index (κ1) is 20.5. The highest BCUT2D eigenvalue weighted by Gasteiger charge is 2.34. The summed E-state index contributed by atoms with van der Waals surface area (Å²) in [6.07, 6.45) is 2.79. The van der Waals surface area contributed by atoms with Gasteiger partial charge in [-0.15, -0.1) is 0 Å². The van der Waals surface area contributed by atoms with Gasteiger partial charge in [0.25, 0.3) is 5.91 Å². The first-order valence-electron chi connectivity index (χ1n) is 10.6. The zero-order valence-electron chi connectivity index (χ0n) is 17.6. The molecule has 2 heterocycles. The van der Waals surface area contributed by atoms with E-state index in [9.17, 15) is 9.18 Å². The van der Waals surface area contributed by atoms with Crippen molar-refractivity contribution in [3.05, 3.63) is 65.5 Å². The molecule has 0 N–H and O–H groups in total. The van der Waals surface area contributed by atoms with Crippen molar-refractivity contribution >= 4 is 11.6 Å². The first-order chi connectivity index (χ1) is 14.5. The average Bonchev–Trinajstić information content (AvgIpc) is 3.21. The molecule has 1 amide bonds. The van der Waals surface area contributed by atoms with E-state index in [2.05, 4.69) is 16.9 Å². The van der Waals surface area contributed by atoms with Gasteiger partial charge < -0.3 is 4.74 Å². The van der Waals surface area contributed by atoms with Gasteiger partial charge in [0.05, 0.1) is 25.4 Å². The highest BCUT2D eigenvalue weighted by molar-refractivity contribution is 6.03. The number of halogens is 1. The van der Waals surface area contributed by atoms with Crippen LogP contribution in [0.4, 0.5) is 4.39 Å². The molecule has 30 heavy (non-hydrogen) atoms. The van der Waals surface area contributed by atoms with Gasteiger partial charge in [0.1, 0.15) is 11.6 Å². The fraction of sp³-hybridized carbons (Fsp3) is 0.417. The lowest BCUT2D eigenvalue weighted by Crippen LogP contribution is -2.41. The summed E-state index contributed by atoms with van der Waals surface area (Å²) in [5.41, 5.74) is 2.44. The second-order valence-electron chi connectivity index (χ2n) is 8.25. The summed E-state index contributed by atoms with van der Waals surface area (Å²) in [6, 6.07) is 13.9. The van der Waals surface area contributed by atoms with Crippen LogP contribution >= 0.6 is 0 Å². The minimum absolute atomic E-state index is 0.0169. The molecule has 2 aliphatic heterocycles. The van der Waals surface area contributed by atoms with Crippen LogP contribution in [-0.2, 0) is 4.79 Å². The Morgan fingerprint density at radius 3 is 2.57 bits per heavy atom. The molecular formula is C24H28FN3O2. The van der Waals surface area contributed by atoms with Gasteiger partial charge in [0.2, 0.25) is 0 Å². The number of amides is 1. The zero-order valence-corrected chi connectivity index (χ0v) is 17.6. The van der Waals surface area contributed by atoms with Crippen LogP contribution in [0.25, 0.3) is 0 Å². The maximum atomic E-state index is 13.8. The molecule has 1 fully saturated rings. The van der Waals surface area contributed by atoms with E-state index in [0.29, 0.717) is 18.9 Å². The molecule has 1 atom stereocenters. The van der Waals surface area contributed by atoms with Crippen LogP contribution in [0.15, 0.2) is 53.6 Å². The van der Waals surface area contributed by atoms with Crippen molar-refractivity contribution in [2.75, 3.05) is 26.7 Å².